The zero-order chi connectivity index (χ0) is 14.0. The van der Waals surface area contributed by atoms with Crippen LogP contribution in [0.3, 0.4) is 0 Å². The average Bonchev–Trinajstić information content (AvgIpc) is 2.41. The van der Waals surface area contributed by atoms with E-state index in [2.05, 4.69) is 20.9 Å². The molecule has 1 heterocycles. The Bertz CT molecular complexity index is 689. The zero-order valence-corrected chi connectivity index (χ0v) is 12.5. The van der Waals surface area contributed by atoms with Crippen molar-refractivity contribution in [3.05, 3.63) is 47.2 Å². The Kier molecular flexibility index (Phi) is 3.77. The molecule has 2 aromatic rings. The van der Waals surface area contributed by atoms with Gasteiger partial charge in [0.25, 0.3) is 10.0 Å². The molecule has 0 spiro atoms. The first-order valence-electron chi connectivity index (χ1n) is 5.37. The molecule has 0 fully saturated rings. The van der Waals surface area contributed by atoms with Crippen molar-refractivity contribution in [3.63, 3.8) is 0 Å². The summed E-state index contributed by atoms with van der Waals surface area (Å²) in [5, 5.41) is 0. The van der Waals surface area contributed by atoms with E-state index in [0.29, 0.717) is 15.8 Å². The Hall–Kier alpha value is -1.60. The van der Waals surface area contributed by atoms with Gasteiger partial charge in [0, 0.05) is 23.4 Å². The van der Waals surface area contributed by atoms with Crippen LogP contribution in [0, 0.1) is 0 Å². The molecule has 0 atom stereocenters. The molecule has 19 heavy (non-hydrogen) atoms. The lowest BCUT2D eigenvalue weighted by Gasteiger charge is -2.20. The van der Waals surface area contributed by atoms with Gasteiger partial charge in [-0.2, -0.15) is 0 Å². The summed E-state index contributed by atoms with van der Waals surface area (Å²) in [7, 11) is -2.20. The first kappa shape index (κ1) is 13.8. The molecule has 2 N–H and O–H groups in total. The maximum atomic E-state index is 12.5. The number of benzene rings is 1. The number of nitrogens with zero attached hydrogens (tertiary/aromatic N) is 2. The van der Waals surface area contributed by atoms with E-state index in [1.807, 2.05) is 0 Å². The van der Waals surface area contributed by atoms with E-state index in [-0.39, 0.29) is 4.90 Å². The largest absolute Gasteiger partial charge is 0.399 e. The minimum absolute atomic E-state index is 0.124. The van der Waals surface area contributed by atoms with Crippen LogP contribution in [0.4, 0.5) is 11.4 Å². The molecule has 0 saturated carbocycles. The molecule has 0 amide bonds. The maximum absolute atomic E-state index is 12.5. The van der Waals surface area contributed by atoms with Crippen molar-refractivity contribution < 1.29 is 8.42 Å². The van der Waals surface area contributed by atoms with Gasteiger partial charge in [0.2, 0.25) is 0 Å². The quantitative estimate of drug-likeness (QED) is 0.868. The molecular weight excluding hydrogens is 330 g/mol. The second kappa shape index (κ2) is 5.18. The van der Waals surface area contributed by atoms with Crippen molar-refractivity contribution in [3.8, 4) is 0 Å². The lowest BCUT2D eigenvalue weighted by atomic mass is 10.3. The smallest absolute Gasteiger partial charge is 0.265 e. The SMILES string of the molecule is CN(c1cccnc1)S(=O)(=O)c1cc(N)ccc1Br. The third-order valence-electron chi connectivity index (χ3n) is 2.60. The molecule has 0 saturated heterocycles. The summed E-state index contributed by atoms with van der Waals surface area (Å²) in [6.07, 6.45) is 3.07. The Morgan fingerprint density at radius 1 is 1.32 bits per heavy atom. The van der Waals surface area contributed by atoms with Crippen molar-refractivity contribution in [2.45, 2.75) is 4.90 Å². The van der Waals surface area contributed by atoms with Crippen LogP contribution in [-0.4, -0.2) is 20.4 Å². The van der Waals surface area contributed by atoms with Crippen molar-refractivity contribution in [1.29, 1.82) is 0 Å². The molecule has 1 aromatic heterocycles. The van der Waals surface area contributed by atoms with Crippen LogP contribution in [0.1, 0.15) is 0 Å². The van der Waals surface area contributed by atoms with Crippen molar-refractivity contribution in [2.75, 3.05) is 17.1 Å². The highest BCUT2D eigenvalue weighted by Crippen LogP contribution is 2.28. The number of pyridine rings is 1. The molecule has 0 radical (unpaired) electrons. The van der Waals surface area contributed by atoms with Gasteiger partial charge in [-0.25, -0.2) is 8.42 Å². The fourth-order valence-corrected chi connectivity index (χ4v) is 3.68. The van der Waals surface area contributed by atoms with E-state index >= 15 is 0 Å². The monoisotopic (exact) mass is 341 g/mol. The molecule has 100 valence electrons. The molecule has 0 aliphatic rings. The Labute approximate surface area is 120 Å². The summed E-state index contributed by atoms with van der Waals surface area (Å²) < 4.78 is 26.7. The summed E-state index contributed by atoms with van der Waals surface area (Å²) in [4.78, 5) is 4.03. The molecule has 0 unspecified atom stereocenters. The lowest BCUT2D eigenvalue weighted by molar-refractivity contribution is 0.594. The molecule has 7 heteroatoms. The first-order chi connectivity index (χ1) is 8.93. The van der Waals surface area contributed by atoms with Crippen LogP contribution in [0.25, 0.3) is 0 Å². The van der Waals surface area contributed by atoms with Gasteiger partial charge in [-0.05, 0) is 46.3 Å². The normalized spacial score (nSPS) is 11.3. The predicted octanol–water partition coefficient (Wildman–Crippen LogP) is 2.25. The third-order valence-corrected chi connectivity index (χ3v) is 5.38. The number of hydrogen-bond acceptors (Lipinski definition) is 4. The standard InChI is InChI=1S/C12H12BrN3O2S/c1-16(10-3-2-6-15-8-10)19(17,18)12-7-9(14)4-5-11(12)13/h2-8H,14H2,1H3. The summed E-state index contributed by atoms with van der Waals surface area (Å²) in [6.45, 7) is 0. The van der Waals surface area contributed by atoms with Gasteiger partial charge < -0.3 is 5.73 Å². The number of nitrogens with two attached hydrogens (primary N) is 1. The van der Waals surface area contributed by atoms with Gasteiger partial charge in [0.1, 0.15) is 4.90 Å². The Morgan fingerprint density at radius 3 is 2.68 bits per heavy atom. The average molecular weight is 342 g/mol. The van der Waals surface area contributed by atoms with E-state index in [9.17, 15) is 8.42 Å². The second-order valence-corrected chi connectivity index (χ2v) is 6.67. The molecule has 5 nitrogen and oxygen atoms in total. The van der Waals surface area contributed by atoms with E-state index in [1.165, 1.54) is 23.6 Å². The number of anilines is 2. The Balaban J connectivity index is 2.51. The highest BCUT2D eigenvalue weighted by Gasteiger charge is 2.24. The van der Waals surface area contributed by atoms with Crippen LogP contribution in [0.5, 0.6) is 0 Å². The minimum atomic E-state index is -3.68. The molecule has 0 aliphatic heterocycles. The molecule has 2 rings (SSSR count). The van der Waals surface area contributed by atoms with E-state index in [0.717, 1.165) is 0 Å². The van der Waals surface area contributed by atoms with Crippen LogP contribution < -0.4 is 10.0 Å². The highest BCUT2D eigenvalue weighted by atomic mass is 79.9. The van der Waals surface area contributed by atoms with Gasteiger partial charge >= 0.3 is 0 Å². The highest BCUT2D eigenvalue weighted by molar-refractivity contribution is 9.10. The van der Waals surface area contributed by atoms with E-state index in [4.69, 9.17) is 5.73 Å². The van der Waals surface area contributed by atoms with Crippen molar-refractivity contribution >= 4 is 37.3 Å². The lowest BCUT2D eigenvalue weighted by Crippen LogP contribution is -2.27. The first-order valence-corrected chi connectivity index (χ1v) is 7.60. The fourth-order valence-electron chi connectivity index (χ4n) is 1.54. The maximum Gasteiger partial charge on any atom is 0.265 e. The number of rotatable bonds is 3. The summed E-state index contributed by atoms with van der Waals surface area (Å²) in [5.74, 6) is 0. The van der Waals surface area contributed by atoms with E-state index < -0.39 is 10.0 Å². The van der Waals surface area contributed by atoms with Crippen molar-refractivity contribution in [2.24, 2.45) is 0 Å². The van der Waals surface area contributed by atoms with Gasteiger partial charge in [-0.15, -0.1) is 0 Å². The van der Waals surface area contributed by atoms with E-state index in [1.54, 1.807) is 30.5 Å². The van der Waals surface area contributed by atoms with Gasteiger partial charge in [0.15, 0.2) is 0 Å². The number of halogens is 1. The second-order valence-electron chi connectivity index (χ2n) is 3.87. The number of nitrogen functional groups attached to an aromatic ring is 1. The molecule has 0 aliphatic carbocycles. The minimum Gasteiger partial charge on any atom is -0.399 e. The summed E-state index contributed by atoms with van der Waals surface area (Å²) >= 11 is 3.23. The number of hydrogen-bond donors (Lipinski definition) is 1. The van der Waals surface area contributed by atoms with Crippen LogP contribution in [0.15, 0.2) is 52.1 Å². The summed E-state index contributed by atoms with van der Waals surface area (Å²) in [5.41, 5.74) is 6.52. The third kappa shape index (κ3) is 2.71. The van der Waals surface area contributed by atoms with Crippen LogP contribution >= 0.6 is 15.9 Å². The predicted molar refractivity (Wildman–Crippen MR) is 78.4 cm³/mol. The van der Waals surface area contributed by atoms with Gasteiger partial charge in [0.05, 0.1) is 11.9 Å². The Morgan fingerprint density at radius 2 is 2.05 bits per heavy atom. The zero-order valence-electron chi connectivity index (χ0n) is 10.1. The molecule has 0 bridgehead atoms. The topological polar surface area (TPSA) is 76.3 Å². The molecule has 1 aromatic carbocycles. The van der Waals surface area contributed by atoms with Crippen molar-refractivity contribution in [1.82, 2.24) is 4.98 Å². The summed E-state index contributed by atoms with van der Waals surface area (Å²) in [6, 6.07) is 8.01. The number of sulfonamides is 1. The fraction of sp³-hybridized carbons (Fsp3) is 0.0833. The van der Waals surface area contributed by atoms with Crippen LogP contribution in [-0.2, 0) is 10.0 Å². The molecular formula is C12H12BrN3O2S. The number of aromatic nitrogens is 1. The van der Waals surface area contributed by atoms with Crippen LogP contribution in [0.2, 0.25) is 0 Å². The van der Waals surface area contributed by atoms with Gasteiger partial charge in [-0.3, -0.25) is 9.29 Å². The van der Waals surface area contributed by atoms with Gasteiger partial charge in [-0.1, -0.05) is 0 Å².